The predicted octanol–water partition coefficient (Wildman–Crippen LogP) is 1.10. The van der Waals surface area contributed by atoms with Gasteiger partial charge in [-0.05, 0) is 30.3 Å². The molecule has 0 aliphatic rings. The monoisotopic (exact) mass is 432 g/mol. The summed E-state index contributed by atoms with van der Waals surface area (Å²) in [6.45, 7) is 0.316. The number of halogens is 1. The second-order valence-electron chi connectivity index (χ2n) is 5.96. The van der Waals surface area contributed by atoms with Crippen LogP contribution in [0.4, 0.5) is 0 Å². The highest BCUT2D eigenvalue weighted by atomic mass is 35.5. The Hall–Kier alpha value is -3.70. The quantitative estimate of drug-likeness (QED) is 0.364. The number of amides is 1. The molecule has 4 N–H and O–H groups in total. The third-order valence-electron chi connectivity index (χ3n) is 3.76. The highest BCUT2D eigenvalue weighted by Gasteiger charge is 2.15. The van der Waals surface area contributed by atoms with Gasteiger partial charge in [0.25, 0.3) is 5.91 Å². The number of hydrazine groups is 1. The van der Waals surface area contributed by atoms with Gasteiger partial charge in [-0.1, -0.05) is 16.8 Å². The van der Waals surface area contributed by atoms with Gasteiger partial charge in [-0.15, -0.1) is 5.10 Å². The number of ether oxygens (including phenoxy) is 1. The zero-order valence-electron chi connectivity index (χ0n) is 15.4. The van der Waals surface area contributed by atoms with Gasteiger partial charge in [0.15, 0.2) is 5.69 Å². The van der Waals surface area contributed by atoms with Crippen LogP contribution in [0.3, 0.4) is 0 Å². The zero-order valence-corrected chi connectivity index (χ0v) is 16.2. The number of hydrogen-bond donors (Lipinski definition) is 4. The third-order valence-corrected chi connectivity index (χ3v) is 4.01. The molecule has 0 aliphatic heterocycles. The fraction of sp³-hybridized carbons (Fsp3) is 0.167. The highest BCUT2D eigenvalue weighted by Crippen LogP contribution is 2.23. The first-order chi connectivity index (χ1) is 14.4. The van der Waals surface area contributed by atoms with Crippen molar-refractivity contribution in [1.29, 1.82) is 0 Å². The molecule has 2 aromatic heterocycles. The van der Waals surface area contributed by atoms with Crippen LogP contribution in [0.1, 0.15) is 10.5 Å². The van der Waals surface area contributed by atoms with Crippen molar-refractivity contribution in [1.82, 2.24) is 30.8 Å². The van der Waals surface area contributed by atoms with Gasteiger partial charge in [-0.3, -0.25) is 15.0 Å². The predicted molar refractivity (Wildman–Crippen MR) is 105 cm³/mol. The number of carboxylic acid groups (broad SMARTS) is 1. The number of aliphatic carboxylic acids is 1. The van der Waals surface area contributed by atoms with E-state index in [-0.39, 0.29) is 11.4 Å². The minimum Gasteiger partial charge on any atom is -0.505 e. The Balaban J connectivity index is 1.58. The van der Waals surface area contributed by atoms with E-state index in [4.69, 9.17) is 21.4 Å². The number of aromatic nitrogens is 4. The summed E-state index contributed by atoms with van der Waals surface area (Å²) >= 11 is 5.83. The summed E-state index contributed by atoms with van der Waals surface area (Å²) in [5.74, 6) is -1.63. The molecule has 1 aromatic carbocycles. The number of aromatic hydroxyl groups is 1. The number of pyridine rings is 1. The van der Waals surface area contributed by atoms with E-state index in [1.807, 2.05) is 0 Å². The van der Waals surface area contributed by atoms with Gasteiger partial charge in [0.1, 0.15) is 30.3 Å². The van der Waals surface area contributed by atoms with Crippen molar-refractivity contribution in [2.24, 2.45) is 0 Å². The Bertz CT molecular complexity index is 1040. The molecule has 156 valence electrons. The Morgan fingerprint density at radius 2 is 2.00 bits per heavy atom. The van der Waals surface area contributed by atoms with Crippen LogP contribution in [0.2, 0.25) is 5.02 Å². The summed E-state index contributed by atoms with van der Waals surface area (Å²) in [7, 11) is 0. The smallest absolute Gasteiger partial charge is 0.319 e. The van der Waals surface area contributed by atoms with Gasteiger partial charge in [-0.2, -0.15) is 0 Å². The van der Waals surface area contributed by atoms with Crippen molar-refractivity contribution in [3.05, 3.63) is 53.4 Å². The number of rotatable bonds is 9. The van der Waals surface area contributed by atoms with E-state index < -0.39 is 18.4 Å². The summed E-state index contributed by atoms with van der Waals surface area (Å²) < 4.78 is 7.17. The first-order valence-electron chi connectivity index (χ1n) is 8.65. The number of carbonyl (C=O) groups is 2. The average Bonchev–Trinajstić information content (AvgIpc) is 3.18. The van der Waals surface area contributed by atoms with Crippen molar-refractivity contribution in [3.63, 3.8) is 0 Å². The lowest BCUT2D eigenvalue weighted by molar-refractivity contribution is -0.136. The lowest BCUT2D eigenvalue weighted by Gasteiger charge is -2.07. The Kier molecular flexibility index (Phi) is 6.78. The molecule has 30 heavy (non-hydrogen) atoms. The standard InChI is InChI=1S/C18H17ClN6O5/c19-12-1-3-13(4-2-12)30-6-5-25-10-14(22-24-25)11-7-15(26)17(20-8-11)18(29)23-21-9-16(27)28/h1-4,7-8,10,21,26H,5-6,9H2,(H,23,29)(H,27,28). The van der Waals surface area contributed by atoms with Crippen molar-refractivity contribution in [3.8, 4) is 22.8 Å². The molecule has 2 heterocycles. The summed E-state index contributed by atoms with van der Waals surface area (Å²) in [6.07, 6.45) is 3.00. The number of hydrogen-bond acceptors (Lipinski definition) is 8. The molecule has 11 nitrogen and oxygen atoms in total. The Morgan fingerprint density at radius 1 is 1.23 bits per heavy atom. The molecule has 0 unspecified atom stereocenters. The van der Waals surface area contributed by atoms with Crippen LogP contribution >= 0.6 is 11.6 Å². The Morgan fingerprint density at radius 3 is 2.70 bits per heavy atom. The maximum absolute atomic E-state index is 11.9. The molecule has 0 spiro atoms. The molecule has 0 radical (unpaired) electrons. The van der Waals surface area contributed by atoms with Gasteiger partial charge in [0.05, 0.1) is 12.7 Å². The summed E-state index contributed by atoms with van der Waals surface area (Å²) in [6, 6.07) is 8.31. The molecule has 0 aliphatic carbocycles. The van der Waals surface area contributed by atoms with E-state index in [0.717, 1.165) is 0 Å². The maximum Gasteiger partial charge on any atom is 0.319 e. The largest absolute Gasteiger partial charge is 0.505 e. The topological polar surface area (TPSA) is 151 Å². The van der Waals surface area contributed by atoms with E-state index in [1.165, 1.54) is 12.3 Å². The first kappa shape index (κ1) is 21.0. The van der Waals surface area contributed by atoms with Crippen molar-refractivity contribution in [2.45, 2.75) is 6.54 Å². The number of carboxylic acids is 1. The zero-order chi connectivity index (χ0) is 21.5. The highest BCUT2D eigenvalue weighted by molar-refractivity contribution is 6.30. The van der Waals surface area contributed by atoms with E-state index in [2.05, 4.69) is 26.1 Å². The normalized spacial score (nSPS) is 10.6. The van der Waals surface area contributed by atoms with E-state index in [0.29, 0.717) is 35.2 Å². The van der Waals surface area contributed by atoms with Crippen LogP contribution in [0, 0.1) is 0 Å². The lowest BCUT2D eigenvalue weighted by Crippen LogP contribution is -2.40. The summed E-state index contributed by atoms with van der Waals surface area (Å²) in [5.41, 5.74) is 4.96. The molecule has 0 saturated carbocycles. The Labute approximate surface area is 175 Å². The van der Waals surface area contributed by atoms with Gasteiger partial charge >= 0.3 is 5.97 Å². The summed E-state index contributed by atoms with van der Waals surface area (Å²) in [4.78, 5) is 26.3. The van der Waals surface area contributed by atoms with Crippen LogP contribution in [-0.2, 0) is 11.3 Å². The van der Waals surface area contributed by atoms with E-state index in [1.54, 1.807) is 35.1 Å². The molecule has 3 rings (SSSR count). The van der Waals surface area contributed by atoms with Crippen molar-refractivity contribution in [2.75, 3.05) is 13.2 Å². The second kappa shape index (κ2) is 9.67. The first-order valence-corrected chi connectivity index (χ1v) is 9.03. The van der Waals surface area contributed by atoms with Crippen LogP contribution in [0.5, 0.6) is 11.5 Å². The fourth-order valence-electron chi connectivity index (χ4n) is 2.36. The number of nitrogens with zero attached hydrogens (tertiary/aromatic N) is 4. The van der Waals surface area contributed by atoms with Crippen molar-refractivity contribution < 1.29 is 24.5 Å². The molecule has 12 heteroatoms. The van der Waals surface area contributed by atoms with Crippen LogP contribution in [0.25, 0.3) is 11.3 Å². The van der Waals surface area contributed by atoms with Crippen LogP contribution in [-0.4, -0.2) is 55.2 Å². The molecule has 0 atom stereocenters. The second-order valence-corrected chi connectivity index (χ2v) is 6.40. The third kappa shape index (κ3) is 5.65. The van der Waals surface area contributed by atoms with E-state index >= 15 is 0 Å². The van der Waals surface area contributed by atoms with Gasteiger partial charge in [-0.25, -0.2) is 15.1 Å². The maximum atomic E-state index is 11.9. The molecule has 0 saturated heterocycles. The molecule has 3 aromatic rings. The van der Waals surface area contributed by atoms with Gasteiger partial charge in [0, 0.05) is 16.8 Å². The number of benzene rings is 1. The lowest BCUT2D eigenvalue weighted by atomic mass is 10.2. The average molecular weight is 433 g/mol. The number of carbonyl (C=O) groups excluding carboxylic acids is 1. The molecule has 1 amide bonds. The SMILES string of the molecule is O=C(O)CNNC(=O)c1ncc(-c2cn(CCOc3ccc(Cl)cc3)nn2)cc1O. The number of nitrogens with one attached hydrogen (secondary N) is 2. The van der Waals surface area contributed by atoms with Gasteiger partial charge in [0.2, 0.25) is 0 Å². The minimum absolute atomic E-state index is 0.264. The molecular weight excluding hydrogens is 416 g/mol. The molecular formula is C18H17ClN6O5. The summed E-state index contributed by atoms with van der Waals surface area (Å²) in [5, 5.41) is 27.2. The minimum atomic E-state index is -1.15. The van der Waals surface area contributed by atoms with Crippen molar-refractivity contribution >= 4 is 23.5 Å². The molecule has 0 fully saturated rings. The van der Waals surface area contributed by atoms with E-state index in [9.17, 15) is 14.7 Å². The van der Waals surface area contributed by atoms with Crippen LogP contribution < -0.4 is 15.6 Å². The van der Waals surface area contributed by atoms with Gasteiger partial charge < -0.3 is 14.9 Å². The van der Waals surface area contributed by atoms with Crippen LogP contribution in [0.15, 0.2) is 42.7 Å². The fourth-order valence-corrected chi connectivity index (χ4v) is 2.48. The molecule has 0 bridgehead atoms.